The van der Waals surface area contributed by atoms with Crippen LogP contribution in [0.1, 0.15) is 17.4 Å². The van der Waals surface area contributed by atoms with Crippen LogP contribution in [0, 0.1) is 0 Å². The van der Waals surface area contributed by atoms with E-state index in [-0.39, 0.29) is 0 Å². The summed E-state index contributed by atoms with van der Waals surface area (Å²) in [6, 6.07) is 15.2. The predicted octanol–water partition coefficient (Wildman–Crippen LogP) is 2.69. The highest BCUT2D eigenvalue weighted by molar-refractivity contribution is 5.78. The number of nitrogens with two attached hydrogens (primary N) is 1. The molecule has 4 nitrogen and oxygen atoms in total. The fourth-order valence-corrected chi connectivity index (χ4v) is 2.20. The number of aromatic nitrogens is 2. The largest absolute Gasteiger partial charge is 0.495 e. The third-order valence-electron chi connectivity index (χ3n) is 3.25. The van der Waals surface area contributed by atoms with Crippen LogP contribution >= 0.6 is 0 Å². The third-order valence-corrected chi connectivity index (χ3v) is 3.25. The molecule has 0 amide bonds. The molecule has 2 heterocycles. The summed E-state index contributed by atoms with van der Waals surface area (Å²) in [7, 11) is 1.61. The second-order valence-electron chi connectivity index (χ2n) is 4.50. The van der Waals surface area contributed by atoms with Gasteiger partial charge in [0.15, 0.2) is 0 Å². The summed E-state index contributed by atoms with van der Waals surface area (Å²) in [6.07, 6.45) is 1.71. The number of para-hydroxylation sites is 1. The number of methoxy groups -OCH3 is 1. The summed E-state index contributed by atoms with van der Waals surface area (Å²) >= 11 is 0. The van der Waals surface area contributed by atoms with Crippen LogP contribution in [-0.2, 0) is 0 Å². The van der Waals surface area contributed by atoms with Crippen molar-refractivity contribution in [2.75, 3.05) is 7.11 Å². The van der Waals surface area contributed by atoms with E-state index in [0.717, 1.165) is 16.6 Å². The van der Waals surface area contributed by atoms with E-state index in [2.05, 4.69) is 9.97 Å². The minimum atomic E-state index is -0.407. The molecule has 0 saturated heterocycles. The fraction of sp³-hybridized carbons (Fsp3) is 0.125. The summed E-state index contributed by atoms with van der Waals surface area (Å²) in [5.74, 6) is 0.676. The Morgan fingerprint density at radius 1 is 1.05 bits per heavy atom. The average Bonchev–Trinajstić information content (AvgIpc) is 2.53. The van der Waals surface area contributed by atoms with Crippen molar-refractivity contribution >= 4 is 10.9 Å². The van der Waals surface area contributed by atoms with Crippen molar-refractivity contribution in [3.8, 4) is 5.75 Å². The van der Waals surface area contributed by atoms with E-state index < -0.39 is 6.04 Å². The molecule has 1 aromatic carbocycles. The number of rotatable bonds is 3. The van der Waals surface area contributed by atoms with Gasteiger partial charge in [-0.3, -0.25) is 9.97 Å². The molecular weight excluding hydrogens is 250 g/mol. The first-order chi connectivity index (χ1) is 9.79. The van der Waals surface area contributed by atoms with Gasteiger partial charge >= 0.3 is 0 Å². The first kappa shape index (κ1) is 12.6. The molecule has 2 N–H and O–H groups in total. The van der Waals surface area contributed by atoms with Gasteiger partial charge in [-0.15, -0.1) is 0 Å². The molecule has 0 saturated carbocycles. The van der Waals surface area contributed by atoms with Crippen molar-refractivity contribution in [1.82, 2.24) is 9.97 Å². The summed E-state index contributed by atoms with van der Waals surface area (Å²) in [4.78, 5) is 8.92. The first-order valence-corrected chi connectivity index (χ1v) is 6.40. The molecule has 0 aliphatic carbocycles. The van der Waals surface area contributed by atoms with Crippen molar-refractivity contribution in [3.05, 3.63) is 66.1 Å². The van der Waals surface area contributed by atoms with Crippen LogP contribution in [-0.4, -0.2) is 17.1 Å². The predicted molar refractivity (Wildman–Crippen MR) is 78.6 cm³/mol. The van der Waals surface area contributed by atoms with Crippen molar-refractivity contribution in [2.24, 2.45) is 5.73 Å². The van der Waals surface area contributed by atoms with Gasteiger partial charge in [0.1, 0.15) is 11.4 Å². The van der Waals surface area contributed by atoms with Gasteiger partial charge in [-0.1, -0.05) is 24.3 Å². The van der Waals surface area contributed by atoms with Gasteiger partial charge in [-0.2, -0.15) is 0 Å². The highest BCUT2D eigenvalue weighted by atomic mass is 16.5. The zero-order valence-corrected chi connectivity index (χ0v) is 11.2. The van der Waals surface area contributed by atoms with Gasteiger partial charge in [-0.25, -0.2) is 0 Å². The van der Waals surface area contributed by atoms with Crippen molar-refractivity contribution in [2.45, 2.75) is 6.04 Å². The highest BCUT2D eigenvalue weighted by Crippen LogP contribution is 2.26. The van der Waals surface area contributed by atoms with Gasteiger partial charge in [0.25, 0.3) is 0 Å². The molecule has 0 bridgehead atoms. The second-order valence-corrected chi connectivity index (χ2v) is 4.50. The molecule has 3 rings (SSSR count). The minimum absolute atomic E-state index is 0.407. The molecule has 0 spiro atoms. The number of fused-ring (bicyclic) bond motifs is 1. The van der Waals surface area contributed by atoms with Gasteiger partial charge in [0.05, 0.1) is 24.4 Å². The minimum Gasteiger partial charge on any atom is -0.495 e. The molecule has 2 aromatic heterocycles. The number of ether oxygens (including phenoxy) is 1. The Hall–Kier alpha value is -2.46. The molecule has 0 fully saturated rings. The van der Waals surface area contributed by atoms with Crippen molar-refractivity contribution in [3.63, 3.8) is 0 Å². The number of nitrogens with zero attached hydrogens (tertiary/aromatic N) is 2. The topological polar surface area (TPSA) is 61.0 Å². The van der Waals surface area contributed by atoms with Crippen molar-refractivity contribution in [1.29, 1.82) is 0 Å². The molecule has 0 aliphatic heterocycles. The van der Waals surface area contributed by atoms with E-state index in [9.17, 15) is 0 Å². The number of hydrogen-bond donors (Lipinski definition) is 1. The maximum Gasteiger partial charge on any atom is 0.142 e. The van der Waals surface area contributed by atoms with Gasteiger partial charge in [0, 0.05) is 11.6 Å². The zero-order chi connectivity index (χ0) is 13.9. The first-order valence-electron chi connectivity index (χ1n) is 6.40. The molecule has 100 valence electrons. The molecule has 0 radical (unpaired) electrons. The molecule has 0 aliphatic rings. The summed E-state index contributed by atoms with van der Waals surface area (Å²) in [5.41, 5.74) is 8.68. The summed E-state index contributed by atoms with van der Waals surface area (Å²) < 4.78 is 5.31. The SMILES string of the molecule is COc1cccnc1C(N)c1ccc2ccccc2n1. The van der Waals surface area contributed by atoms with Crippen LogP contribution in [0.2, 0.25) is 0 Å². The van der Waals surface area contributed by atoms with Crippen LogP contribution in [0.15, 0.2) is 54.7 Å². The van der Waals surface area contributed by atoms with E-state index in [4.69, 9.17) is 10.5 Å². The van der Waals surface area contributed by atoms with Gasteiger partial charge in [-0.05, 0) is 24.3 Å². The van der Waals surface area contributed by atoms with Crippen LogP contribution in [0.25, 0.3) is 10.9 Å². The van der Waals surface area contributed by atoms with E-state index in [1.165, 1.54) is 0 Å². The lowest BCUT2D eigenvalue weighted by molar-refractivity contribution is 0.404. The smallest absolute Gasteiger partial charge is 0.142 e. The monoisotopic (exact) mass is 265 g/mol. The molecule has 20 heavy (non-hydrogen) atoms. The number of benzene rings is 1. The normalized spacial score (nSPS) is 12.3. The quantitative estimate of drug-likeness (QED) is 0.791. The lowest BCUT2D eigenvalue weighted by Gasteiger charge is -2.14. The Balaban J connectivity index is 2.05. The summed E-state index contributed by atoms with van der Waals surface area (Å²) in [6.45, 7) is 0. The van der Waals surface area contributed by atoms with Crippen LogP contribution in [0.4, 0.5) is 0 Å². The van der Waals surface area contributed by atoms with E-state index in [1.807, 2.05) is 48.5 Å². The number of pyridine rings is 2. The molecule has 1 unspecified atom stereocenters. The Labute approximate surface area is 117 Å². The highest BCUT2D eigenvalue weighted by Gasteiger charge is 2.16. The summed E-state index contributed by atoms with van der Waals surface area (Å²) in [5, 5.41) is 1.09. The lowest BCUT2D eigenvalue weighted by Crippen LogP contribution is -2.16. The second kappa shape index (κ2) is 5.27. The molecule has 3 aromatic rings. The molecule has 1 atom stereocenters. The Kier molecular flexibility index (Phi) is 3.31. The Morgan fingerprint density at radius 3 is 2.75 bits per heavy atom. The van der Waals surface area contributed by atoms with Crippen LogP contribution in [0.5, 0.6) is 5.75 Å². The maximum atomic E-state index is 6.28. The van der Waals surface area contributed by atoms with Gasteiger partial charge in [0.2, 0.25) is 0 Å². The van der Waals surface area contributed by atoms with Crippen molar-refractivity contribution < 1.29 is 4.74 Å². The maximum absolute atomic E-state index is 6.28. The molecular formula is C16H15N3O. The van der Waals surface area contributed by atoms with Crippen LogP contribution < -0.4 is 10.5 Å². The van der Waals surface area contributed by atoms with E-state index in [1.54, 1.807) is 13.3 Å². The number of hydrogen-bond acceptors (Lipinski definition) is 4. The third kappa shape index (κ3) is 2.21. The van der Waals surface area contributed by atoms with E-state index in [0.29, 0.717) is 11.4 Å². The zero-order valence-electron chi connectivity index (χ0n) is 11.2. The Morgan fingerprint density at radius 2 is 1.90 bits per heavy atom. The molecule has 4 heteroatoms. The van der Waals surface area contributed by atoms with E-state index >= 15 is 0 Å². The van der Waals surface area contributed by atoms with Crippen LogP contribution in [0.3, 0.4) is 0 Å². The Bertz CT molecular complexity index is 742. The van der Waals surface area contributed by atoms with Gasteiger partial charge < -0.3 is 10.5 Å². The standard InChI is InChI=1S/C16H15N3O/c1-20-14-7-4-10-18-16(14)15(17)13-9-8-11-5-2-3-6-12(11)19-13/h2-10,15H,17H2,1H3. The fourth-order valence-electron chi connectivity index (χ4n) is 2.20. The lowest BCUT2D eigenvalue weighted by atomic mass is 10.1. The average molecular weight is 265 g/mol.